The van der Waals surface area contributed by atoms with E-state index in [1.807, 2.05) is 38.1 Å². The van der Waals surface area contributed by atoms with Crippen LogP contribution >= 0.6 is 0 Å². The molecule has 0 fully saturated rings. The maximum Gasteiger partial charge on any atom is 0.235 e. The molecule has 0 radical (unpaired) electrons. The minimum absolute atomic E-state index is 0.146. The molecule has 1 aliphatic rings. The van der Waals surface area contributed by atoms with E-state index in [-0.39, 0.29) is 12.2 Å². The van der Waals surface area contributed by atoms with Crippen LogP contribution in [0.4, 0.5) is 0 Å². The molecule has 0 bridgehead atoms. The van der Waals surface area contributed by atoms with Gasteiger partial charge in [0.15, 0.2) is 11.9 Å². The number of benzene rings is 1. The molecule has 1 aromatic carbocycles. The van der Waals surface area contributed by atoms with E-state index >= 15 is 0 Å². The summed E-state index contributed by atoms with van der Waals surface area (Å²) in [5.74, 6) is 1.91. The first-order valence-corrected chi connectivity index (χ1v) is 7.13. The largest absolute Gasteiger partial charge is 0.491 e. The normalized spacial score (nSPS) is 17.0. The first-order valence-electron chi connectivity index (χ1n) is 7.13. The van der Waals surface area contributed by atoms with Gasteiger partial charge in [0, 0.05) is 0 Å². The van der Waals surface area contributed by atoms with Crippen LogP contribution in [0.2, 0.25) is 0 Å². The molecule has 0 unspecified atom stereocenters. The Labute approximate surface area is 128 Å². The molecule has 2 heterocycles. The molecule has 0 aliphatic carbocycles. The van der Waals surface area contributed by atoms with Crippen molar-refractivity contribution in [3.05, 3.63) is 48.5 Å². The highest BCUT2D eigenvalue weighted by Crippen LogP contribution is 2.29. The van der Waals surface area contributed by atoms with Gasteiger partial charge in [0.05, 0.1) is 24.9 Å². The minimum Gasteiger partial charge on any atom is -0.491 e. The lowest BCUT2D eigenvalue weighted by atomic mass is 10.1. The van der Waals surface area contributed by atoms with Gasteiger partial charge in [-0.15, -0.1) is 0 Å². The molecular weight excluding hydrogens is 282 g/mol. The van der Waals surface area contributed by atoms with E-state index in [1.54, 1.807) is 12.4 Å². The van der Waals surface area contributed by atoms with Gasteiger partial charge in [-0.3, -0.25) is 0 Å². The van der Waals surface area contributed by atoms with E-state index in [0.717, 1.165) is 11.3 Å². The topological polar surface area (TPSA) is 65.8 Å². The van der Waals surface area contributed by atoms with Gasteiger partial charge in [0.1, 0.15) is 12.1 Å². The van der Waals surface area contributed by atoms with Crippen LogP contribution in [0.3, 0.4) is 0 Å². The maximum absolute atomic E-state index is 5.62. The average Bonchev–Trinajstić information content (AvgIpc) is 2.97. The van der Waals surface area contributed by atoms with Crippen LogP contribution in [0.15, 0.2) is 48.1 Å². The molecular formula is C16H17N3O3. The number of hydrogen-bond acceptors (Lipinski definition) is 6. The molecule has 0 saturated carbocycles. The zero-order chi connectivity index (χ0) is 15.4. The Morgan fingerprint density at radius 2 is 1.82 bits per heavy atom. The zero-order valence-corrected chi connectivity index (χ0v) is 12.5. The zero-order valence-electron chi connectivity index (χ0n) is 12.5. The van der Waals surface area contributed by atoms with Crippen molar-refractivity contribution in [1.82, 2.24) is 9.97 Å². The summed E-state index contributed by atoms with van der Waals surface area (Å²) in [6.45, 7) is 4.00. The SMILES string of the molecule is CC(C)Oc1ccc([C@H]2CC(Oc3cncnc3)=NO2)cc1. The number of rotatable bonds is 4. The fourth-order valence-electron chi connectivity index (χ4n) is 2.10. The summed E-state index contributed by atoms with van der Waals surface area (Å²) in [4.78, 5) is 13.2. The van der Waals surface area contributed by atoms with Crippen molar-refractivity contribution in [3.8, 4) is 11.5 Å². The van der Waals surface area contributed by atoms with Crippen LogP contribution in [-0.4, -0.2) is 22.0 Å². The molecule has 6 heteroatoms. The van der Waals surface area contributed by atoms with Gasteiger partial charge in [0.25, 0.3) is 0 Å². The minimum atomic E-state index is -0.146. The second-order valence-corrected chi connectivity index (χ2v) is 5.20. The van der Waals surface area contributed by atoms with E-state index < -0.39 is 0 Å². The van der Waals surface area contributed by atoms with Gasteiger partial charge >= 0.3 is 0 Å². The van der Waals surface area contributed by atoms with Crippen molar-refractivity contribution >= 4 is 5.90 Å². The van der Waals surface area contributed by atoms with Crippen LogP contribution in [-0.2, 0) is 4.84 Å². The first-order chi connectivity index (χ1) is 10.7. The van der Waals surface area contributed by atoms with Crippen LogP contribution in [0, 0.1) is 0 Å². The Hall–Kier alpha value is -2.63. The van der Waals surface area contributed by atoms with Crippen LogP contribution in [0.5, 0.6) is 11.5 Å². The summed E-state index contributed by atoms with van der Waals surface area (Å²) in [6, 6.07) is 7.82. The molecule has 6 nitrogen and oxygen atoms in total. The van der Waals surface area contributed by atoms with Crippen molar-refractivity contribution in [2.24, 2.45) is 5.16 Å². The van der Waals surface area contributed by atoms with Crippen molar-refractivity contribution in [1.29, 1.82) is 0 Å². The number of oxime groups is 1. The third-order valence-corrected chi connectivity index (χ3v) is 3.04. The second kappa shape index (κ2) is 6.43. The number of aromatic nitrogens is 2. The van der Waals surface area contributed by atoms with E-state index in [4.69, 9.17) is 14.3 Å². The Morgan fingerprint density at radius 1 is 1.09 bits per heavy atom. The quantitative estimate of drug-likeness (QED) is 0.867. The Balaban J connectivity index is 1.59. The predicted molar refractivity (Wildman–Crippen MR) is 80.7 cm³/mol. The molecule has 2 aromatic rings. The summed E-state index contributed by atoms with van der Waals surface area (Å²) in [7, 11) is 0. The average molecular weight is 299 g/mol. The summed E-state index contributed by atoms with van der Waals surface area (Å²) < 4.78 is 11.2. The third kappa shape index (κ3) is 3.52. The highest BCUT2D eigenvalue weighted by atomic mass is 16.7. The van der Waals surface area contributed by atoms with E-state index in [2.05, 4.69) is 15.1 Å². The summed E-state index contributed by atoms with van der Waals surface area (Å²) >= 11 is 0. The molecule has 114 valence electrons. The summed E-state index contributed by atoms with van der Waals surface area (Å²) in [5.41, 5.74) is 1.03. The maximum atomic E-state index is 5.62. The predicted octanol–water partition coefficient (Wildman–Crippen LogP) is 3.12. The highest BCUT2D eigenvalue weighted by Gasteiger charge is 2.24. The van der Waals surface area contributed by atoms with Crippen LogP contribution in [0.1, 0.15) is 31.9 Å². The molecule has 3 rings (SSSR count). The molecule has 0 saturated heterocycles. The van der Waals surface area contributed by atoms with Gasteiger partial charge in [-0.25, -0.2) is 9.97 Å². The lowest BCUT2D eigenvalue weighted by Crippen LogP contribution is -2.08. The smallest absolute Gasteiger partial charge is 0.235 e. The van der Waals surface area contributed by atoms with Crippen molar-refractivity contribution in [2.45, 2.75) is 32.5 Å². The molecule has 0 amide bonds. The third-order valence-electron chi connectivity index (χ3n) is 3.04. The lowest BCUT2D eigenvalue weighted by molar-refractivity contribution is 0.0854. The molecule has 1 aromatic heterocycles. The summed E-state index contributed by atoms with van der Waals surface area (Å²) in [6.07, 6.45) is 5.20. The van der Waals surface area contributed by atoms with E-state index in [1.165, 1.54) is 6.33 Å². The number of hydrogen-bond donors (Lipinski definition) is 0. The van der Waals surface area contributed by atoms with Gasteiger partial charge in [-0.05, 0) is 31.5 Å². The number of nitrogens with zero attached hydrogens (tertiary/aromatic N) is 3. The fourth-order valence-corrected chi connectivity index (χ4v) is 2.10. The molecule has 1 atom stereocenters. The van der Waals surface area contributed by atoms with Crippen LogP contribution in [0.25, 0.3) is 0 Å². The first kappa shape index (κ1) is 14.3. The molecule has 1 aliphatic heterocycles. The van der Waals surface area contributed by atoms with Crippen molar-refractivity contribution in [2.75, 3.05) is 0 Å². The standard InChI is InChI=1S/C16H17N3O3/c1-11(2)20-13-5-3-12(4-6-13)15-7-16(19-22-15)21-14-8-17-10-18-9-14/h3-6,8-11,15H,7H2,1-2H3/t15-/m1/s1. The molecule has 22 heavy (non-hydrogen) atoms. The fraction of sp³-hybridized carbons (Fsp3) is 0.312. The molecule has 0 N–H and O–H groups in total. The lowest BCUT2D eigenvalue weighted by Gasteiger charge is -2.12. The van der Waals surface area contributed by atoms with Gasteiger partial charge < -0.3 is 14.3 Å². The summed E-state index contributed by atoms with van der Waals surface area (Å²) in [5, 5.41) is 3.97. The van der Waals surface area contributed by atoms with E-state index in [9.17, 15) is 0 Å². The van der Waals surface area contributed by atoms with Gasteiger partial charge in [-0.1, -0.05) is 17.3 Å². The second-order valence-electron chi connectivity index (χ2n) is 5.20. The van der Waals surface area contributed by atoms with Gasteiger partial charge in [-0.2, -0.15) is 0 Å². The van der Waals surface area contributed by atoms with Gasteiger partial charge in [0.2, 0.25) is 5.90 Å². The Morgan fingerprint density at radius 3 is 2.50 bits per heavy atom. The highest BCUT2D eigenvalue weighted by molar-refractivity contribution is 5.79. The van der Waals surface area contributed by atoms with Crippen molar-refractivity contribution in [3.63, 3.8) is 0 Å². The van der Waals surface area contributed by atoms with Crippen molar-refractivity contribution < 1.29 is 14.3 Å². The monoisotopic (exact) mass is 299 g/mol. The Bertz CT molecular complexity index is 641. The molecule has 0 spiro atoms. The number of ether oxygens (including phenoxy) is 2. The van der Waals surface area contributed by atoms with Crippen LogP contribution < -0.4 is 9.47 Å². The Kier molecular flexibility index (Phi) is 4.18. The van der Waals surface area contributed by atoms with E-state index in [0.29, 0.717) is 18.1 Å².